The molecule has 4 atom stereocenters. The minimum Gasteiger partial charge on any atom is -0.491 e. The van der Waals surface area contributed by atoms with Gasteiger partial charge in [-0.2, -0.15) is 0 Å². The van der Waals surface area contributed by atoms with E-state index in [9.17, 15) is 19.5 Å². The Kier molecular flexibility index (Phi) is 15.9. The third-order valence-electron chi connectivity index (χ3n) is 12.1. The van der Waals surface area contributed by atoms with E-state index in [2.05, 4.69) is 43.7 Å². The van der Waals surface area contributed by atoms with Gasteiger partial charge in [-0.05, 0) is 80.5 Å². The number of aliphatic hydroxyl groups excluding tert-OH is 1. The number of anilines is 2. The third kappa shape index (κ3) is 12.3. The molecular formula is C51H62N8O7S. The van der Waals surface area contributed by atoms with Gasteiger partial charge in [0.05, 0.1) is 59.8 Å². The molecule has 1 aliphatic heterocycles. The van der Waals surface area contributed by atoms with Gasteiger partial charge >= 0.3 is 0 Å². The number of hydrogen-bond acceptors (Lipinski definition) is 14. The number of imidazole rings is 1. The molecule has 0 aliphatic carbocycles. The number of thiazole rings is 1. The molecule has 4 aromatic heterocycles. The van der Waals surface area contributed by atoms with Gasteiger partial charge in [-0.1, -0.05) is 52.0 Å². The molecule has 0 spiro atoms. The van der Waals surface area contributed by atoms with Crippen LogP contribution in [0.25, 0.3) is 32.9 Å². The van der Waals surface area contributed by atoms with E-state index in [1.54, 1.807) is 29.8 Å². The first kappa shape index (κ1) is 49.0. The van der Waals surface area contributed by atoms with Gasteiger partial charge in [0.15, 0.2) is 17.4 Å². The van der Waals surface area contributed by atoms with E-state index in [1.807, 2.05) is 102 Å². The summed E-state index contributed by atoms with van der Waals surface area (Å²) in [5.74, 6) is 2.04. The maximum Gasteiger partial charge on any atom is 0.227 e. The summed E-state index contributed by atoms with van der Waals surface area (Å²) in [4.78, 5) is 66.4. The van der Waals surface area contributed by atoms with Crippen molar-refractivity contribution in [2.24, 2.45) is 11.3 Å². The van der Waals surface area contributed by atoms with Crippen molar-refractivity contribution in [1.29, 1.82) is 0 Å². The maximum absolute atomic E-state index is 14.1. The smallest absolute Gasteiger partial charge is 0.227 e. The first-order valence-corrected chi connectivity index (χ1v) is 23.8. The lowest BCUT2D eigenvalue weighted by molar-refractivity contribution is -0.146. The Morgan fingerprint density at radius 2 is 1.58 bits per heavy atom. The number of hydrogen-bond donors (Lipinski definition) is 2. The number of ether oxygens (including phenoxy) is 3. The van der Waals surface area contributed by atoms with Crippen LogP contribution in [0.15, 0.2) is 78.6 Å². The molecule has 2 aromatic carbocycles. The van der Waals surface area contributed by atoms with Gasteiger partial charge in [-0.15, -0.1) is 11.3 Å². The molecule has 0 bridgehead atoms. The number of fused-ring (bicyclic) bond motifs is 1. The van der Waals surface area contributed by atoms with Crippen LogP contribution >= 0.6 is 11.3 Å². The summed E-state index contributed by atoms with van der Waals surface area (Å²) in [5.41, 5.74) is 7.02. The molecule has 0 radical (unpaired) electrons. The number of amides is 1. The monoisotopic (exact) mass is 930 g/mol. The fraction of sp³-hybridized carbons (Fsp3) is 0.451. The number of ketones is 2. The zero-order valence-electron chi connectivity index (χ0n) is 39.7. The number of carbonyl (C=O) groups excluding carboxylic acids is 3. The molecule has 6 aromatic rings. The van der Waals surface area contributed by atoms with Crippen LogP contribution in [0.5, 0.6) is 5.75 Å². The van der Waals surface area contributed by atoms with Gasteiger partial charge in [0.2, 0.25) is 5.91 Å². The van der Waals surface area contributed by atoms with Crippen molar-refractivity contribution in [3.8, 4) is 27.6 Å². The van der Waals surface area contributed by atoms with Crippen LogP contribution < -0.4 is 10.1 Å². The molecule has 0 unspecified atom stereocenters. The highest BCUT2D eigenvalue weighted by atomic mass is 32.1. The van der Waals surface area contributed by atoms with Gasteiger partial charge in [0.1, 0.15) is 41.9 Å². The van der Waals surface area contributed by atoms with E-state index in [-0.39, 0.29) is 75.1 Å². The average molecular weight is 931 g/mol. The Hall–Kier alpha value is -5.94. The van der Waals surface area contributed by atoms with E-state index in [0.29, 0.717) is 36.4 Å². The lowest BCUT2D eigenvalue weighted by Gasteiger charge is -2.35. The largest absolute Gasteiger partial charge is 0.491 e. The van der Waals surface area contributed by atoms with Crippen molar-refractivity contribution >= 4 is 51.5 Å². The molecule has 15 nitrogen and oxygen atoms in total. The second kappa shape index (κ2) is 21.8. The fourth-order valence-corrected chi connectivity index (χ4v) is 9.39. The predicted molar refractivity (Wildman–Crippen MR) is 260 cm³/mol. The minimum absolute atomic E-state index is 0.0418. The second-order valence-corrected chi connectivity index (χ2v) is 19.5. The summed E-state index contributed by atoms with van der Waals surface area (Å²) in [7, 11) is 0. The van der Waals surface area contributed by atoms with Crippen molar-refractivity contribution in [3.05, 3.63) is 95.6 Å². The van der Waals surface area contributed by atoms with Crippen molar-refractivity contribution in [1.82, 2.24) is 34.4 Å². The van der Waals surface area contributed by atoms with E-state index in [0.717, 1.165) is 44.1 Å². The highest BCUT2D eigenvalue weighted by Gasteiger charge is 2.44. The molecule has 7 rings (SSSR count). The normalized spacial score (nSPS) is 16.1. The van der Waals surface area contributed by atoms with Gasteiger partial charge < -0.3 is 34.1 Å². The highest BCUT2D eigenvalue weighted by molar-refractivity contribution is 7.13. The summed E-state index contributed by atoms with van der Waals surface area (Å²) in [5, 5.41) is 14.0. The number of aryl methyl sites for hydroxylation is 2. The van der Waals surface area contributed by atoms with E-state index >= 15 is 0 Å². The number of carbonyl (C=O) groups is 3. The number of aromatic nitrogens is 6. The van der Waals surface area contributed by atoms with Crippen LogP contribution in [0, 0.1) is 25.2 Å². The maximum atomic E-state index is 14.1. The van der Waals surface area contributed by atoms with Crippen molar-refractivity contribution < 1.29 is 33.7 Å². The molecule has 1 saturated heterocycles. The second-order valence-electron chi connectivity index (χ2n) is 18.6. The summed E-state index contributed by atoms with van der Waals surface area (Å²) < 4.78 is 19.4. The molecule has 1 fully saturated rings. The average Bonchev–Trinajstić information content (AvgIpc) is 4.01. The number of likely N-dealkylation sites (tertiary alicyclic amines) is 1. The highest BCUT2D eigenvalue weighted by Crippen LogP contribution is 2.35. The molecule has 1 amide bonds. The van der Waals surface area contributed by atoms with E-state index < -0.39 is 23.5 Å². The molecule has 5 heterocycles. The lowest BCUT2D eigenvalue weighted by atomic mass is 9.76. The summed E-state index contributed by atoms with van der Waals surface area (Å²) >= 11 is 1.59. The molecule has 1 aliphatic rings. The Morgan fingerprint density at radius 1 is 0.866 bits per heavy atom. The summed E-state index contributed by atoms with van der Waals surface area (Å²) in [6.07, 6.45) is 3.02. The number of β-amino-alcohol motifs (C(OH)–C–C–N with tert-alkyl or cyclic N) is 1. The number of nitrogens with zero attached hydrogens (tertiary/aromatic N) is 7. The van der Waals surface area contributed by atoms with Crippen molar-refractivity contribution in [2.45, 2.75) is 98.8 Å². The topological polar surface area (TPSA) is 184 Å². The molecule has 0 saturated carbocycles. The lowest BCUT2D eigenvalue weighted by Crippen LogP contribution is -2.47. The zero-order chi connectivity index (χ0) is 47.8. The third-order valence-corrected chi connectivity index (χ3v) is 13.1. The van der Waals surface area contributed by atoms with Crippen molar-refractivity contribution in [3.63, 3.8) is 0 Å². The number of rotatable bonds is 21. The fourth-order valence-electron chi connectivity index (χ4n) is 8.57. The quantitative estimate of drug-likeness (QED) is 0.0654. The zero-order valence-corrected chi connectivity index (χ0v) is 40.5. The first-order valence-electron chi connectivity index (χ1n) is 22.9. The summed E-state index contributed by atoms with van der Waals surface area (Å²) in [6.45, 7) is 16.9. The van der Waals surface area contributed by atoms with Gasteiger partial charge in [-0.3, -0.25) is 14.4 Å². The van der Waals surface area contributed by atoms with Gasteiger partial charge in [-0.25, -0.2) is 24.9 Å². The van der Waals surface area contributed by atoms with Crippen LogP contribution in [-0.4, -0.2) is 109 Å². The van der Waals surface area contributed by atoms with Gasteiger partial charge in [0, 0.05) is 55.6 Å². The minimum atomic E-state index is -0.814. The van der Waals surface area contributed by atoms with Crippen LogP contribution in [-0.2, 0) is 23.9 Å². The van der Waals surface area contributed by atoms with E-state index in [4.69, 9.17) is 19.2 Å². The SMILES string of the molecule is Cc1ncsc1-c1ccc([C@H](C)CC(=O)[C@H]2C[C@H](O)CN2C(=O)[C@@H](CC(=O)COCCOCCOc2ccc(-c3nccc(Nc4cc5c(cn4)nc(C)n5C(C)C)n3)cc2)C(C)(C)C)cc1. The Morgan fingerprint density at radius 3 is 2.28 bits per heavy atom. The van der Waals surface area contributed by atoms with E-state index in [1.165, 1.54) is 4.90 Å². The number of aliphatic hydroxyl groups is 1. The Labute approximate surface area is 396 Å². The molecule has 354 valence electrons. The summed E-state index contributed by atoms with van der Waals surface area (Å²) in [6, 6.07) is 19.0. The molecule has 2 N–H and O–H groups in total. The standard InChI is InChI=1S/C51H62N8O7S/c1-31(2)59-34(5)55-42-27-53-47(26-43(42)59)56-46-17-18-52-49(57-46)37-13-15-40(16-14-37)66-22-21-64-19-20-65-29-39(61)24-41(51(6,7)8)50(63)58-28-38(60)25-44(58)45(62)23-32(3)35-9-11-36(12-10-35)48-33(4)54-30-67-48/h9-18,26-27,30-32,38,41,44,60H,19-25,28-29H2,1-8H3,(H,52,53,56,57)/t32-,38+,41-,44-/m1/s1. The van der Waals surface area contributed by atoms with Crippen LogP contribution in [0.4, 0.5) is 11.6 Å². The van der Waals surface area contributed by atoms with Crippen LogP contribution in [0.1, 0.15) is 89.8 Å². The number of pyridine rings is 1. The number of nitrogens with one attached hydrogen (secondary N) is 1. The molecule has 16 heteroatoms. The molecular weight excluding hydrogens is 869 g/mol. The Balaban J connectivity index is 0.816. The predicted octanol–water partition coefficient (Wildman–Crippen LogP) is 8.71. The van der Waals surface area contributed by atoms with Gasteiger partial charge in [0.25, 0.3) is 0 Å². The van der Waals surface area contributed by atoms with Crippen molar-refractivity contribution in [2.75, 3.05) is 44.9 Å². The number of Topliss-reactive ketones (excluding diaryl/α,β-unsaturated/α-hetero) is 2. The number of benzene rings is 2. The molecule has 67 heavy (non-hydrogen) atoms. The van der Waals surface area contributed by atoms with Crippen LogP contribution in [0.2, 0.25) is 0 Å². The Bertz CT molecular complexity index is 2640. The first-order chi connectivity index (χ1) is 32.0. The van der Waals surface area contributed by atoms with Crippen LogP contribution in [0.3, 0.4) is 0 Å².